The van der Waals surface area contributed by atoms with Gasteiger partial charge in [-0.3, -0.25) is 14.5 Å². The molecule has 0 aliphatic carbocycles. The summed E-state index contributed by atoms with van der Waals surface area (Å²) in [6, 6.07) is 3.35. The van der Waals surface area contributed by atoms with Gasteiger partial charge in [-0.05, 0) is 12.1 Å². The number of hydrogen-bond donors (Lipinski definition) is 3. The molecule has 6 nitrogen and oxygen atoms in total. The highest BCUT2D eigenvalue weighted by atomic mass is 16.2. The summed E-state index contributed by atoms with van der Waals surface area (Å²) in [5, 5.41) is 0. The molecular weight excluding hydrogens is 208 g/mol. The highest BCUT2D eigenvalue weighted by molar-refractivity contribution is 6.41. The Labute approximate surface area is 91.1 Å². The van der Waals surface area contributed by atoms with E-state index in [1.807, 2.05) is 0 Å². The fourth-order valence-corrected chi connectivity index (χ4v) is 1.40. The molecule has 0 atom stereocenters. The average molecular weight is 218 g/mol. The van der Waals surface area contributed by atoms with E-state index in [9.17, 15) is 9.59 Å². The minimum atomic E-state index is -0.998. The van der Waals surface area contributed by atoms with Crippen molar-refractivity contribution in [2.45, 2.75) is 0 Å². The Morgan fingerprint density at radius 1 is 1.06 bits per heavy atom. The molecular formula is C10H10N4O2. The Kier molecular flexibility index (Phi) is 2.47. The fraction of sp³-hybridized carbons (Fsp3) is 0. The minimum absolute atomic E-state index is 0.559. The number of aromatic amines is 2. The molecule has 0 radical (unpaired) electrons. The van der Waals surface area contributed by atoms with Crippen molar-refractivity contribution in [1.29, 1.82) is 0 Å². The molecule has 0 saturated carbocycles. The lowest BCUT2D eigenvalue weighted by Gasteiger charge is -2.17. The lowest BCUT2D eigenvalue weighted by Crippen LogP contribution is -2.37. The molecule has 0 fully saturated rings. The van der Waals surface area contributed by atoms with E-state index in [-0.39, 0.29) is 0 Å². The quantitative estimate of drug-likeness (QED) is 0.640. The van der Waals surface area contributed by atoms with Crippen LogP contribution >= 0.6 is 0 Å². The third-order valence-corrected chi connectivity index (χ3v) is 2.09. The Morgan fingerprint density at radius 2 is 1.56 bits per heavy atom. The first-order valence-corrected chi connectivity index (χ1v) is 4.59. The summed E-state index contributed by atoms with van der Waals surface area (Å²) in [5.41, 5.74) is 6.12. The van der Waals surface area contributed by atoms with Gasteiger partial charge in [0, 0.05) is 24.8 Å². The summed E-state index contributed by atoms with van der Waals surface area (Å²) in [6.45, 7) is 0. The zero-order valence-electron chi connectivity index (χ0n) is 8.31. The van der Waals surface area contributed by atoms with Crippen LogP contribution in [0.25, 0.3) is 0 Å². The van der Waals surface area contributed by atoms with E-state index < -0.39 is 11.8 Å². The van der Waals surface area contributed by atoms with Crippen molar-refractivity contribution in [3.05, 3.63) is 36.9 Å². The molecule has 4 N–H and O–H groups in total. The van der Waals surface area contributed by atoms with Crippen LogP contribution < -0.4 is 10.6 Å². The maximum atomic E-state index is 11.7. The zero-order chi connectivity index (χ0) is 11.5. The Bertz CT molecular complexity index is 453. The van der Waals surface area contributed by atoms with Crippen LogP contribution in [0.5, 0.6) is 0 Å². The van der Waals surface area contributed by atoms with Gasteiger partial charge in [0.25, 0.3) is 0 Å². The molecule has 2 rings (SSSR count). The summed E-state index contributed by atoms with van der Waals surface area (Å²) in [4.78, 5) is 29.5. The molecule has 2 aromatic rings. The lowest BCUT2D eigenvalue weighted by atomic mass is 10.3. The number of nitrogens with zero attached hydrogens (tertiary/aromatic N) is 1. The van der Waals surface area contributed by atoms with E-state index in [0.717, 1.165) is 0 Å². The van der Waals surface area contributed by atoms with Gasteiger partial charge in [-0.1, -0.05) is 0 Å². The van der Waals surface area contributed by atoms with Crippen molar-refractivity contribution in [3.63, 3.8) is 0 Å². The van der Waals surface area contributed by atoms with Crippen molar-refractivity contribution in [2.24, 2.45) is 5.73 Å². The van der Waals surface area contributed by atoms with E-state index >= 15 is 0 Å². The van der Waals surface area contributed by atoms with Crippen molar-refractivity contribution in [2.75, 3.05) is 4.90 Å². The van der Waals surface area contributed by atoms with Gasteiger partial charge in [-0.15, -0.1) is 0 Å². The van der Waals surface area contributed by atoms with Crippen LogP contribution in [0, 0.1) is 0 Å². The van der Waals surface area contributed by atoms with Crippen molar-refractivity contribution >= 4 is 23.2 Å². The second kappa shape index (κ2) is 3.93. The fourth-order valence-electron chi connectivity index (χ4n) is 1.40. The third kappa shape index (κ3) is 1.68. The summed E-state index contributed by atoms with van der Waals surface area (Å²) in [7, 11) is 0. The third-order valence-electron chi connectivity index (χ3n) is 2.09. The van der Waals surface area contributed by atoms with E-state index in [0.29, 0.717) is 11.4 Å². The molecule has 0 aliphatic rings. The van der Waals surface area contributed by atoms with Crippen LogP contribution in [0.1, 0.15) is 0 Å². The summed E-state index contributed by atoms with van der Waals surface area (Å²) >= 11 is 0. The Morgan fingerprint density at radius 3 is 1.88 bits per heavy atom. The molecule has 2 aromatic heterocycles. The number of rotatable bonds is 2. The van der Waals surface area contributed by atoms with E-state index in [1.165, 1.54) is 4.90 Å². The maximum absolute atomic E-state index is 11.7. The van der Waals surface area contributed by atoms with Crippen LogP contribution in [0.4, 0.5) is 11.4 Å². The number of amides is 2. The Balaban J connectivity index is 2.42. The van der Waals surface area contributed by atoms with Gasteiger partial charge >= 0.3 is 11.8 Å². The van der Waals surface area contributed by atoms with Gasteiger partial charge in [-0.25, -0.2) is 0 Å². The number of H-pyrrole nitrogens is 2. The standard InChI is InChI=1S/C10H10N4O2/c11-9(15)10(16)14(7-1-3-12-5-7)8-2-4-13-6-8/h1-6,12-13H,(H2,11,15). The number of carbonyl (C=O) groups excluding carboxylic acids is 2. The molecule has 6 heteroatoms. The molecule has 0 aromatic carbocycles. The van der Waals surface area contributed by atoms with Crippen molar-refractivity contribution in [1.82, 2.24) is 9.97 Å². The number of nitrogens with one attached hydrogen (secondary N) is 2. The second-order valence-corrected chi connectivity index (χ2v) is 3.14. The number of hydrogen-bond acceptors (Lipinski definition) is 2. The first kappa shape index (κ1) is 10.0. The predicted octanol–water partition coefficient (Wildman–Crippen LogP) is 0.493. The summed E-state index contributed by atoms with van der Waals surface area (Å²) in [5.74, 6) is -1.78. The molecule has 0 unspecified atom stereocenters. The summed E-state index contributed by atoms with van der Waals surface area (Å²) in [6.07, 6.45) is 6.52. The number of nitrogens with two attached hydrogens (primary N) is 1. The number of carbonyl (C=O) groups is 2. The molecule has 2 amide bonds. The SMILES string of the molecule is NC(=O)C(=O)N(c1cc[nH]c1)c1cc[nH]c1. The largest absolute Gasteiger partial charge is 0.366 e. The van der Waals surface area contributed by atoms with E-state index in [4.69, 9.17) is 5.73 Å². The van der Waals surface area contributed by atoms with E-state index in [1.54, 1.807) is 36.9 Å². The van der Waals surface area contributed by atoms with Crippen LogP contribution in [0.2, 0.25) is 0 Å². The van der Waals surface area contributed by atoms with Crippen molar-refractivity contribution in [3.8, 4) is 0 Å². The van der Waals surface area contributed by atoms with Gasteiger partial charge in [0.05, 0.1) is 11.4 Å². The van der Waals surface area contributed by atoms with Gasteiger partial charge in [0.2, 0.25) is 0 Å². The number of anilines is 2. The highest BCUT2D eigenvalue weighted by Crippen LogP contribution is 2.24. The van der Waals surface area contributed by atoms with Gasteiger partial charge in [-0.2, -0.15) is 0 Å². The topological polar surface area (TPSA) is 95.0 Å². The zero-order valence-corrected chi connectivity index (χ0v) is 8.31. The highest BCUT2D eigenvalue weighted by Gasteiger charge is 2.23. The molecule has 2 heterocycles. The Hall–Kier alpha value is -2.50. The van der Waals surface area contributed by atoms with Crippen molar-refractivity contribution < 1.29 is 9.59 Å². The van der Waals surface area contributed by atoms with Gasteiger partial charge in [0.1, 0.15) is 0 Å². The van der Waals surface area contributed by atoms with Gasteiger partial charge < -0.3 is 15.7 Å². The molecule has 0 spiro atoms. The monoisotopic (exact) mass is 218 g/mol. The molecule has 16 heavy (non-hydrogen) atoms. The van der Waals surface area contributed by atoms with Crippen LogP contribution in [0.15, 0.2) is 36.9 Å². The first-order chi connectivity index (χ1) is 7.70. The van der Waals surface area contributed by atoms with Crippen LogP contribution in [0.3, 0.4) is 0 Å². The summed E-state index contributed by atoms with van der Waals surface area (Å²) < 4.78 is 0. The van der Waals surface area contributed by atoms with Gasteiger partial charge in [0.15, 0.2) is 0 Å². The first-order valence-electron chi connectivity index (χ1n) is 4.59. The molecule has 0 saturated heterocycles. The molecule has 0 bridgehead atoms. The maximum Gasteiger partial charge on any atom is 0.320 e. The minimum Gasteiger partial charge on any atom is -0.366 e. The predicted molar refractivity (Wildman–Crippen MR) is 57.9 cm³/mol. The van der Waals surface area contributed by atoms with E-state index in [2.05, 4.69) is 9.97 Å². The van der Waals surface area contributed by atoms with Crippen LogP contribution in [-0.2, 0) is 9.59 Å². The second-order valence-electron chi connectivity index (χ2n) is 3.14. The normalized spacial score (nSPS) is 10.0. The molecule has 0 aliphatic heterocycles. The van der Waals surface area contributed by atoms with Crippen LogP contribution in [-0.4, -0.2) is 21.8 Å². The lowest BCUT2D eigenvalue weighted by molar-refractivity contribution is -0.135. The number of aromatic nitrogens is 2. The smallest absolute Gasteiger partial charge is 0.320 e. The molecule has 82 valence electrons. The number of primary amides is 1. The average Bonchev–Trinajstić information content (AvgIpc) is 2.89.